The SMILES string of the molecule is CC(C)(C)OC(=O)N[C@H]1CSc2ccc(C(=O)NN)cc2N(Cc2ccc(Oc3ccccc3)cc2)C1=O. The number of rotatable bonds is 6. The molecule has 1 aliphatic rings. The average Bonchev–Trinajstić information content (AvgIpc) is 3.00. The lowest BCUT2D eigenvalue weighted by Gasteiger charge is -2.27. The van der Waals surface area contributed by atoms with Gasteiger partial charge in [0.05, 0.1) is 12.2 Å². The molecule has 0 aromatic heterocycles. The summed E-state index contributed by atoms with van der Waals surface area (Å²) in [5, 5.41) is 2.71. The van der Waals surface area contributed by atoms with Gasteiger partial charge in [0.15, 0.2) is 0 Å². The molecule has 0 saturated carbocycles. The number of anilines is 1. The molecule has 0 fully saturated rings. The molecule has 3 amide bonds. The molecule has 0 aliphatic carbocycles. The molecule has 38 heavy (non-hydrogen) atoms. The average molecular weight is 535 g/mol. The Balaban J connectivity index is 1.61. The Kier molecular flexibility index (Phi) is 8.23. The lowest BCUT2D eigenvalue weighted by molar-refractivity contribution is -0.120. The number of nitrogens with zero attached hydrogens (tertiary/aromatic N) is 1. The second-order valence-corrected chi connectivity index (χ2v) is 10.7. The monoisotopic (exact) mass is 534 g/mol. The predicted octanol–water partition coefficient (Wildman–Crippen LogP) is 4.61. The van der Waals surface area contributed by atoms with Gasteiger partial charge < -0.3 is 19.7 Å². The molecular weight excluding hydrogens is 504 g/mol. The van der Waals surface area contributed by atoms with E-state index in [-0.39, 0.29) is 12.5 Å². The van der Waals surface area contributed by atoms with E-state index in [1.54, 1.807) is 43.9 Å². The molecule has 4 N–H and O–H groups in total. The summed E-state index contributed by atoms with van der Waals surface area (Å²) in [5.74, 6) is 6.22. The number of thioether (sulfide) groups is 1. The second-order valence-electron chi connectivity index (χ2n) is 9.65. The minimum atomic E-state index is -0.838. The van der Waals surface area contributed by atoms with Gasteiger partial charge in [-0.2, -0.15) is 0 Å². The topological polar surface area (TPSA) is 123 Å². The van der Waals surface area contributed by atoms with E-state index in [0.717, 1.165) is 16.2 Å². The number of nitrogens with one attached hydrogen (secondary N) is 2. The lowest BCUT2D eigenvalue weighted by atomic mass is 10.1. The van der Waals surface area contributed by atoms with Gasteiger partial charge in [0.25, 0.3) is 11.8 Å². The summed E-state index contributed by atoms with van der Waals surface area (Å²) in [6, 6.07) is 21.0. The van der Waals surface area contributed by atoms with Crippen LogP contribution >= 0.6 is 11.8 Å². The summed E-state index contributed by atoms with van der Waals surface area (Å²) >= 11 is 1.41. The van der Waals surface area contributed by atoms with Crippen LogP contribution < -0.4 is 26.2 Å². The fourth-order valence-corrected chi connectivity index (χ4v) is 4.87. The molecule has 1 aliphatic heterocycles. The van der Waals surface area contributed by atoms with Gasteiger partial charge in [0.1, 0.15) is 23.1 Å². The number of carbonyl (C=O) groups is 3. The number of hydrogen-bond donors (Lipinski definition) is 3. The minimum absolute atomic E-state index is 0.207. The van der Waals surface area contributed by atoms with E-state index >= 15 is 0 Å². The van der Waals surface area contributed by atoms with Gasteiger partial charge in [-0.1, -0.05) is 30.3 Å². The van der Waals surface area contributed by atoms with Crippen LogP contribution in [-0.2, 0) is 16.1 Å². The Morgan fingerprint density at radius 2 is 1.71 bits per heavy atom. The largest absolute Gasteiger partial charge is 0.457 e. The van der Waals surface area contributed by atoms with Crippen LogP contribution in [0.1, 0.15) is 36.7 Å². The standard InChI is InChI=1S/C28H30N4O5S/c1-28(2,3)37-27(35)30-22-17-38-24-14-11-19(25(33)31-29)15-23(24)32(26(22)34)16-18-9-12-21(13-10-18)36-20-7-5-4-6-8-20/h4-15,22H,16-17,29H2,1-3H3,(H,30,35)(H,31,33)/t22-/m0/s1. The normalized spacial score (nSPS) is 15.2. The first-order valence-corrected chi connectivity index (χ1v) is 13.0. The maximum absolute atomic E-state index is 13.8. The molecule has 0 unspecified atom stereocenters. The highest BCUT2D eigenvalue weighted by Gasteiger charge is 2.33. The van der Waals surface area contributed by atoms with Crippen molar-refractivity contribution in [2.45, 2.75) is 43.9 Å². The van der Waals surface area contributed by atoms with E-state index in [1.165, 1.54) is 11.8 Å². The zero-order valence-electron chi connectivity index (χ0n) is 21.4. The molecule has 0 saturated heterocycles. The zero-order valence-corrected chi connectivity index (χ0v) is 22.2. The number of hydrogen-bond acceptors (Lipinski definition) is 7. The number of carbonyl (C=O) groups excluding carboxylic acids is 3. The number of benzene rings is 3. The van der Waals surface area contributed by atoms with Gasteiger partial charge in [-0.05, 0) is 68.8 Å². The van der Waals surface area contributed by atoms with E-state index in [2.05, 4.69) is 10.7 Å². The summed E-state index contributed by atoms with van der Waals surface area (Å²) in [6.45, 7) is 5.48. The van der Waals surface area contributed by atoms with E-state index < -0.39 is 23.6 Å². The van der Waals surface area contributed by atoms with Crippen molar-refractivity contribution in [1.82, 2.24) is 10.7 Å². The molecule has 0 spiro atoms. The van der Waals surface area contributed by atoms with Gasteiger partial charge in [-0.25, -0.2) is 10.6 Å². The third-order valence-electron chi connectivity index (χ3n) is 5.55. The smallest absolute Gasteiger partial charge is 0.408 e. The van der Waals surface area contributed by atoms with E-state index in [0.29, 0.717) is 22.8 Å². The fourth-order valence-electron chi connectivity index (χ4n) is 3.81. The third-order valence-corrected chi connectivity index (χ3v) is 6.70. The van der Waals surface area contributed by atoms with Crippen molar-refractivity contribution in [2.24, 2.45) is 5.84 Å². The van der Waals surface area contributed by atoms with E-state index in [9.17, 15) is 14.4 Å². The number of alkyl carbamates (subject to hydrolysis) is 1. The number of hydrazine groups is 1. The number of amides is 3. The summed E-state index contributed by atoms with van der Waals surface area (Å²) < 4.78 is 11.3. The first-order valence-electron chi connectivity index (χ1n) is 12.0. The summed E-state index contributed by atoms with van der Waals surface area (Å²) in [6.07, 6.45) is -0.673. The van der Waals surface area contributed by atoms with Crippen LogP contribution in [0, 0.1) is 0 Å². The van der Waals surface area contributed by atoms with Crippen molar-refractivity contribution >= 4 is 35.4 Å². The van der Waals surface area contributed by atoms with Gasteiger partial charge in [0, 0.05) is 16.2 Å². The van der Waals surface area contributed by atoms with Crippen molar-refractivity contribution in [2.75, 3.05) is 10.7 Å². The molecule has 3 aromatic carbocycles. The highest BCUT2D eigenvalue weighted by molar-refractivity contribution is 7.99. The van der Waals surface area contributed by atoms with Crippen molar-refractivity contribution in [3.05, 3.63) is 83.9 Å². The summed E-state index contributed by atoms with van der Waals surface area (Å²) in [4.78, 5) is 40.9. The Morgan fingerprint density at radius 1 is 1.03 bits per heavy atom. The van der Waals surface area contributed by atoms with Gasteiger partial charge >= 0.3 is 6.09 Å². The van der Waals surface area contributed by atoms with Crippen molar-refractivity contribution in [1.29, 1.82) is 0 Å². The number of para-hydroxylation sites is 1. The Bertz CT molecular complexity index is 1310. The molecule has 0 bridgehead atoms. The molecule has 1 atom stereocenters. The highest BCUT2D eigenvalue weighted by atomic mass is 32.2. The maximum atomic E-state index is 13.8. The molecule has 4 rings (SSSR count). The number of fused-ring (bicyclic) bond motifs is 1. The minimum Gasteiger partial charge on any atom is -0.457 e. The molecule has 10 heteroatoms. The third kappa shape index (κ3) is 6.84. The number of nitrogens with two attached hydrogens (primary N) is 1. The Labute approximate surface area is 225 Å². The van der Waals surface area contributed by atoms with Crippen molar-refractivity contribution in [3.63, 3.8) is 0 Å². The molecule has 3 aromatic rings. The Hall–Kier alpha value is -4.02. The van der Waals surface area contributed by atoms with Crippen LogP contribution in [0.15, 0.2) is 77.7 Å². The van der Waals surface area contributed by atoms with Crippen LogP contribution in [0.5, 0.6) is 11.5 Å². The zero-order chi connectivity index (χ0) is 27.3. The number of ether oxygens (including phenoxy) is 2. The van der Waals surface area contributed by atoms with Crippen LogP contribution in [0.2, 0.25) is 0 Å². The quantitative estimate of drug-likeness (QED) is 0.240. The van der Waals surface area contributed by atoms with Crippen molar-refractivity contribution < 1.29 is 23.9 Å². The fraction of sp³-hybridized carbons (Fsp3) is 0.250. The first kappa shape index (κ1) is 27.0. The van der Waals surface area contributed by atoms with Gasteiger partial charge in [0.2, 0.25) is 0 Å². The van der Waals surface area contributed by atoms with Crippen molar-refractivity contribution in [3.8, 4) is 11.5 Å². The molecular formula is C28H30N4O5S. The summed E-state index contributed by atoms with van der Waals surface area (Å²) in [5.41, 5.74) is 3.12. The summed E-state index contributed by atoms with van der Waals surface area (Å²) in [7, 11) is 0. The molecule has 1 heterocycles. The Morgan fingerprint density at radius 3 is 2.37 bits per heavy atom. The first-order chi connectivity index (χ1) is 18.1. The van der Waals surface area contributed by atoms with Crippen LogP contribution in [0.3, 0.4) is 0 Å². The second kappa shape index (κ2) is 11.6. The van der Waals surface area contributed by atoms with Gasteiger partial charge in [-0.3, -0.25) is 15.0 Å². The van der Waals surface area contributed by atoms with Crippen LogP contribution in [0.25, 0.3) is 0 Å². The van der Waals surface area contributed by atoms with Gasteiger partial charge in [-0.15, -0.1) is 11.8 Å². The van der Waals surface area contributed by atoms with Crippen LogP contribution in [0.4, 0.5) is 10.5 Å². The lowest BCUT2D eigenvalue weighted by Crippen LogP contribution is -2.50. The maximum Gasteiger partial charge on any atom is 0.408 e. The molecule has 9 nitrogen and oxygen atoms in total. The molecule has 198 valence electrons. The van der Waals surface area contributed by atoms with E-state index in [4.69, 9.17) is 15.3 Å². The predicted molar refractivity (Wildman–Crippen MR) is 146 cm³/mol. The molecule has 0 radical (unpaired) electrons. The highest BCUT2D eigenvalue weighted by Crippen LogP contribution is 2.36. The van der Waals surface area contributed by atoms with Crippen LogP contribution in [-0.4, -0.2) is 35.3 Å². The number of nitrogen functional groups attached to an aromatic ring is 1. The van der Waals surface area contributed by atoms with E-state index in [1.807, 2.05) is 54.6 Å².